The SMILES string of the molecule is CCC1(C(=O)NC(C)c2ccc(Cl)cc2)CCNC1. The van der Waals surface area contributed by atoms with Crippen LogP contribution in [0.4, 0.5) is 0 Å². The summed E-state index contributed by atoms with van der Waals surface area (Å²) in [6.45, 7) is 5.80. The van der Waals surface area contributed by atoms with Crippen molar-refractivity contribution in [1.82, 2.24) is 10.6 Å². The predicted octanol–water partition coefficient (Wildman–Crippen LogP) is 2.91. The summed E-state index contributed by atoms with van der Waals surface area (Å²) in [5.74, 6) is 0.155. The van der Waals surface area contributed by atoms with Crippen molar-refractivity contribution in [2.45, 2.75) is 32.7 Å². The van der Waals surface area contributed by atoms with Gasteiger partial charge in [0, 0.05) is 11.6 Å². The van der Waals surface area contributed by atoms with Crippen LogP contribution in [-0.4, -0.2) is 19.0 Å². The Hall–Kier alpha value is -1.06. The molecule has 1 heterocycles. The molecule has 1 aliphatic rings. The zero-order valence-corrected chi connectivity index (χ0v) is 12.3. The lowest BCUT2D eigenvalue weighted by atomic mass is 9.83. The minimum atomic E-state index is -0.235. The Labute approximate surface area is 119 Å². The number of hydrogen-bond acceptors (Lipinski definition) is 2. The van der Waals surface area contributed by atoms with E-state index in [1.165, 1.54) is 0 Å². The molecule has 3 nitrogen and oxygen atoms in total. The Bertz CT molecular complexity index is 438. The molecule has 19 heavy (non-hydrogen) atoms. The molecule has 1 aromatic rings. The predicted molar refractivity (Wildman–Crippen MR) is 78.2 cm³/mol. The van der Waals surface area contributed by atoms with E-state index in [1.54, 1.807) is 0 Å². The fourth-order valence-corrected chi connectivity index (χ4v) is 2.71. The fraction of sp³-hybridized carbons (Fsp3) is 0.533. The molecular weight excluding hydrogens is 260 g/mol. The van der Waals surface area contributed by atoms with Gasteiger partial charge >= 0.3 is 0 Å². The number of hydrogen-bond donors (Lipinski definition) is 2. The monoisotopic (exact) mass is 280 g/mol. The van der Waals surface area contributed by atoms with Crippen molar-refractivity contribution in [2.24, 2.45) is 5.41 Å². The van der Waals surface area contributed by atoms with E-state index >= 15 is 0 Å². The average Bonchev–Trinajstić information content (AvgIpc) is 2.89. The van der Waals surface area contributed by atoms with Gasteiger partial charge < -0.3 is 10.6 Å². The summed E-state index contributed by atoms with van der Waals surface area (Å²) in [5, 5.41) is 7.13. The third-order valence-electron chi connectivity index (χ3n) is 4.12. The van der Waals surface area contributed by atoms with E-state index in [0.29, 0.717) is 5.02 Å². The number of amides is 1. The van der Waals surface area contributed by atoms with E-state index in [-0.39, 0.29) is 17.4 Å². The normalized spacial score (nSPS) is 24.2. The van der Waals surface area contributed by atoms with Crippen molar-refractivity contribution in [3.63, 3.8) is 0 Å². The first-order chi connectivity index (χ1) is 9.07. The van der Waals surface area contributed by atoms with Gasteiger partial charge in [-0.25, -0.2) is 0 Å². The van der Waals surface area contributed by atoms with E-state index in [0.717, 1.165) is 31.5 Å². The van der Waals surface area contributed by atoms with Crippen LogP contribution in [0, 0.1) is 5.41 Å². The molecule has 0 spiro atoms. The van der Waals surface area contributed by atoms with Crippen molar-refractivity contribution in [2.75, 3.05) is 13.1 Å². The summed E-state index contributed by atoms with van der Waals surface area (Å²) in [5.41, 5.74) is 0.843. The molecule has 2 rings (SSSR count). The third-order valence-corrected chi connectivity index (χ3v) is 4.37. The Morgan fingerprint density at radius 1 is 1.47 bits per heavy atom. The molecule has 1 aliphatic heterocycles. The molecule has 0 bridgehead atoms. The lowest BCUT2D eigenvalue weighted by Crippen LogP contribution is -2.43. The van der Waals surface area contributed by atoms with Crippen molar-refractivity contribution in [3.05, 3.63) is 34.9 Å². The van der Waals surface area contributed by atoms with Gasteiger partial charge in [0.2, 0.25) is 5.91 Å². The molecule has 1 fully saturated rings. The number of carbonyl (C=O) groups excluding carboxylic acids is 1. The standard InChI is InChI=1S/C15H21ClN2O/c1-3-15(8-9-17-10-15)14(19)18-11(2)12-4-6-13(16)7-5-12/h4-7,11,17H,3,8-10H2,1-2H3,(H,18,19). The largest absolute Gasteiger partial charge is 0.349 e. The van der Waals surface area contributed by atoms with Gasteiger partial charge in [0.25, 0.3) is 0 Å². The maximum atomic E-state index is 12.5. The van der Waals surface area contributed by atoms with Gasteiger partial charge in [-0.3, -0.25) is 4.79 Å². The highest BCUT2D eigenvalue weighted by Crippen LogP contribution is 2.30. The second-order valence-electron chi connectivity index (χ2n) is 5.31. The third kappa shape index (κ3) is 3.10. The maximum Gasteiger partial charge on any atom is 0.228 e. The van der Waals surface area contributed by atoms with Gasteiger partial charge in [-0.2, -0.15) is 0 Å². The molecule has 0 aromatic heterocycles. The molecule has 0 aliphatic carbocycles. The highest BCUT2D eigenvalue weighted by Gasteiger charge is 2.39. The summed E-state index contributed by atoms with van der Waals surface area (Å²) < 4.78 is 0. The van der Waals surface area contributed by atoms with Crippen LogP contribution in [0.1, 0.15) is 38.3 Å². The molecule has 2 N–H and O–H groups in total. The van der Waals surface area contributed by atoms with E-state index in [9.17, 15) is 4.79 Å². The molecule has 4 heteroatoms. The highest BCUT2D eigenvalue weighted by molar-refractivity contribution is 6.30. The lowest BCUT2D eigenvalue weighted by molar-refractivity contribution is -0.131. The second kappa shape index (κ2) is 5.93. The molecule has 2 atom stereocenters. The van der Waals surface area contributed by atoms with Crippen LogP contribution in [0.3, 0.4) is 0 Å². The number of nitrogens with one attached hydrogen (secondary N) is 2. The fourth-order valence-electron chi connectivity index (χ4n) is 2.58. The highest BCUT2D eigenvalue weighted by atomic mass is 35.5. The first-order valence-electron chi connectivity index (χ1n) is 6.84. The average molecular weight is 281 g/mol. The van der Waals surface area contributed by atoms with E-state index < -0.39 is 0 Å². The van der Waals surface area contributed by atoms with Crippen LogP contribution in [0.2, 0.25) is 5.02 Å². The first-order valence-corrected chi connectivity index (χ1v) is 7.22. The number of benzene rings is 1. The Morgan fingerprint density at radius 3 is 2.68 bits per heavy atom. The van der Waals surface area contributed by atoms with E-state index in [4.69, 9.17) is 11.6 Å². The summed E-state index contributed by atoms with van der Waals surface area (Å²) in [4.78, 5) is 12.5. The number of carbonyl (C=O) groups is 1. The second-order valence-corrected chi connectivity index (χ2v) is 5.74. The Kier molecular flexibility index (Phi) is 4.48. The zero-order valence-electron chi connectivity index (χ0n) is 11.5. The minimum absolute atomic E-state index is 0.00814. The van der Waals surface area contributed by atoms with Gasteiger partial charge in [0.15, 0.2) is 0 Å². The zero-order chi connectivity index (χ0) is 13.9. The van der Waals surface area contributed by atoms with Crippen LogP contribution in [0.15, 0.2) is 24.3 Å². The van der Waals surface area contributed by atoms with Crippen LogP contribution in [-0.2, 0) is 4.79 Å². The van der Waals surface area contributed by atoms with Gasteiger partial charge in [0.1, 0.15) is 0 Å². The minimum Gasteiger partial charge on any atom is -0.349 e. The van der Waals surface area contributed by atoms with E-state index in [2.05, 4.69) is 17.6 Å². The van der Waals surface area contributed by atoms with Gasteiger partial charge in [-0.05, 0) is 44.0 Å². The van der Waals surface area contributed by atoms with Crippen LogP contribution in [0.5, 0.6) is 0 Å². The summed E-state index contributed by atoms with van der Waals surface area (Å²) in [6.07, 6.45) is 1.79. The molecule has 1 saturated heterocycles. The summed E-state index contributed by atoms with van der Waals surface area (Å²) in [6, 6.07) is 7.63. The maximum absolute atomic E-state index is 12.5. The van der Waals surface area contributed by atoms with Gasteiger partial charge in [0.05, 0.1) is 11.5 Å². The molecule has 2 unspecified atom stereocenters. The van der Waals surface area contributed by atoms with Crippen molar-refractivity contribution >= 4 is 17.5 Å². The van der Waals surface area contributed by atoms with Crippen molar-refractivity contribution < 1.29 is 4.79 Å². The molecule has 0 saturated carbocycles. The van der Waals surface area contributed by atoms with Crippen LogP contribution < -0.4 is 10.6 Å². The van der Waals surface area contributed by atoms with Crippen LogP contribution >= 0.6 is 11.6 Å². The van der Waals surface area contributed by atoms with Crippen molar-refractivity contribution in [3.8, 4) is 0 Å². The quantitative estimate of drug-likeness (QED) is 0.890. The summed E-state index contributed by atoms with van der Waals surface area (Å²) >= 11 is 5.87. The number of rotatable bonds is 4. The Morgan fingerprint density at radius 2 is 2.16 bits per heavy atom. The smallest absolute Gasteiger partial charge is 0.228 e. The first kappa shape index (κ1) is 14.4. The molecular formula is C15H21ClN2O. The van der Waals surface area contributed by atoms with Crippen molar-refractivity contribution in [1.29, 1.82) is 0 Å². The lowest BCUT2D eigenvalue weighted by Gasteiger charge is -2.27. The van der Waals surface area contributed by atoms with Gasteiger partial charge in [-0.15, -0.1) is 0 Å². The topological polar surface area (TPSA) is 41.1 Å². The molecule has 104 valence electrons. The molecule has 1 amide bonds. The number of halogens is 1. The molecule has 0 radical (unpaired) electrons. The van der Waals surface area contributed by atoms with Crippen LogP contribution in [0.25, 0.3) is 0 Å². The Balaban J connectivity index is 2.04. The summed E-state index contributed by atoms with van der Waals surface area (Å²) in [7, 11) is 0. The molecule has 1 aromatic carbocycles. The van der Waals surface area contributed by atoms with Gasteiger partial charge in [-0.1, -0.05) is 30.7 Å². The van der Waals surface area contributed by atoms with E-state index in [1.807, 2.05) is 31.2 Å².